The largest absolute Gasteiger partial charge is 0.459 e. The monoisotopic (exact) mass is 247 g/mol. The van der Waals surface area contributed by atoms with Gasteiger partial charge in [0.2, 0.25) is 0 Å². The molecule has 1 aromatic carbocycles. The second-order valence-corrected chi connectivity index (χ2v) is 4.64. The zero-order valence-corrected chi connectivity index (χ0v) is 9.96. The van der Waals surface area contributed by atoms with E-state index in [1.807, 2.05) is 0 Å². The van der Waals surface area contributed by atoms with Gasteiger partial charge in [-0.2, -0.15) is 0 Å². The van der Waals surface area contributed by atoms with Crippen molar-refractivity contribution in [3.8, 4) is 0 Å². The molecule has 0 aliphatic heterocycles. The fraction of sp³-hybridized carbons (Fsp3) is 0.385. The molecule has 18 heavy (non-hydrogen) atoms. The molecule has 0 radical (unpaired) electrons. The van der Waals surface area contributed by atoms with Crippen LogP contribution in [-0.2, 0) is 14.3 Å². The molecule has 1 saturated carbocycles. The average molecular weight is 247 g/mol. The van der Waals surface area contributed by atoms with E-state index in [4.69, 9.17) is 4.74 Å². The molecule has 0 bridgehead atoms. The Hall–Kier alpha value is -2.04. The zero-order valence-electron chi connectivity index (χ0n) is 9.96. The van der Waals surface area contributed by atoms with Crippen LogP contribution in [0.1, 0.15) is 31.2 Å². The smallest absolute Gasteiger partial charge is 0.323 e. The first kappa shape index (κ1) is 12.4. The van der Waals surface area contributed by atoms with Crippen LogP contribution in [0.15, 0.2) is 35.5 Å². The molecule has 1 amide bonds. The van der Waals surface area contributed by atoms with E-state index >= 15 is 0 Å². The van der Waals surface area contributed by atoms with Crippen LogP contribution in [0.25, 0.3) is 0 Å². The van der Waals surface area contributed by atoms with Gasteiger partial charge in [-0.3, -0.25) is 9.59 Å². The molecule has 0 spiro atoms. The summed E-state index contributed by atoms with van der Waals surface area (Å²) in [4.78, 5) is 33.8. The third-order valence-electron chi connectivity index (χ3n) is 3.01. The number of hydrogen-bond donors (Lipinski definition) is 0. The summed E-state index contributed by atoms with van der Waals surface area (Å²) in [5.41, 5.74) is -0.0517. The molecule has 0 N–H and O–H groups in total. The molecule has 94 valence electrons. The third-order valence-corrected chi connectivity index (χ3v) is 3.01. The third kappa shape index (κ3) is 2.61. The molecule has 0 heterocycles. The van der Waals surface area contributed by atoms with Crippen LogP contribution in [0.5, 0.6) is 0 Å². The standard InChI is InChI=1S/C13H13NO4/c1-13(7-8-13)18-12(16)10(11(15)14-17)9-5-3-2-4-6-9/h2-6,10H,7-8H2,1H3. The molecule has 0 aromatic heterocycles. The summed E-state index contributed by atoms with van der Waals surface area (Å²) in [6, 6.07) is 8.33. The van der Waals surface area contributed by atoms with E-state index in [-0.39, 0.29) is 0 Å². The number of esters is 1. The molecule has 1 aromatic rings. The Morgan fingerprint density at radius 3 is 2.39 bits per heavy atom. The first-order chi connectivity index (χ1) is 8.56. The van der Waals surface area contributed by atoms with Crippen molar-refractivity contribution < 1.29 is 14.3 Å². The van der Waals surface area contributed by atoms with E-state index in [0.717, 1.165) is 12.8 Å². The van der Waals surface area contributed by atoms with Crippen molar-refractivity contribution in [2.45, 2.75) is 31.3 Å². The second kappa shape index (κ2) is 4.68. The lowest BCUT2D eigenvalue weighted by Gasteiger charge is -2.16. The Labute approximate surface area is 104 Å². The average Bonchev–Trinajstić information content (AvgIpc) is 3.08. The Balaban J connectivity index is 2.22. The van der Waals surface area contributed by atoms with Gasteiger partial charge in [0.05, 0.1) is 0 Å². The normalized spacial score (nSPS) is 17.6. The van der Waals surface area contributed by atoms with Gasteiger partial charge in [0.25, 0.3) is 0 Å². The van der Waals surface area contributed by atoms with Gasteiger partial charge < -0.3 is 4.74 Å². The Kier molecular flexibility index (Phi) is 3.23. The van der Waals surface area contributed by atoms with Gasteiger partial charge in [0.15, 0.2) is 5.92 Å². The highest BCUT2D eigenvalue weighted by Crippen LogP contribution is 2.40. The molecular weight excluding hydrogens is 234 g/mol. The van der Waals surface area contributed by atoms with Crippen molar-refractivity contribution >= 4 is 11.9 Å². The van der Waals surface area contributed by atoms with E-state index in [2.05, 4.69) is 5.18 Å². The van der Waals surface area contributed by atoms with Crippen molar-refractivity contribution in [3.63, 3.8) is 0 Å². The minimum absolute atomic E-state index is 0.427. The topological polar surface area (TPSA) is 72.8 Å². The first-order valence-corrected chi connectivity index (χ1v) is 5.71. The highest BCUT2D eigenvalue weighted by molar-refractivity contribution is 6.03. The molecule has 1 fully saturated rings. The Bertz CT molecular complexity index is 479. The summed E-state index contributed by atoms with van der Waals surface area (Å²) in [5.74, 6) is -2.97. The van der Waals surface area contributed by atoms with Gasteiger partial charge in [-0.15, -0.1) is 4.91 Å². The fourth-order valence-corrected chi connectivity index (χ4v) is 1.66. The molecular formula is C13H13NO4. The highest BCUT2D eigenvalue weighted by atomic mass is 16.6. The van der Waals surface area contributed by atoms with Crippen LogP contribution < -0.4 is 0 Å². The summed E-state index contributed by atoms with van der Waals surface area (Å²) in [5, 5.41) is 2.35. The molecule has 5 nitrogen and oxygen atoms in total. The maximum absolute atomic E-state index is 12.0. The van der Waals surface area contributed by atoms with E-state index in [1.54, 1.807) is 37.3 Å². The van der Waals surface area contributed by atoms with Gasteiger partial charge >= 0.3 is 11.9 Å². The molecule has 2 rings (SSSR count). The van der Waals surface area contributed by atoms with Crippen LogP contribution in [0.2, 0.25) is 0 Å². The van der Waals surface area contributed by atoms with E-state index in [9.17, 15) is 14.5 Å². The SMILES string of the molecule is CC1(OC(=O)C(C(=O)N=O)c2ccccc2)CC1. The van der Waals surface area contributed by atoms with Crippen LogP contribution >= 0.6 is 0 Å². The predicted octanol–water partition coefficient (Wildman–Crippen LogP) is 2.16. The predicted molar refractivity (Wildman–Crippen MR) is 63.7 cm³/mol. The van der Waals surface area contributed by atoms with Crippen LogP contribution in [0.3, 0.4) is 0 Å². The van der Waals surface area contributed by atoms with E-state index in [1.165, 1.54) is 0 Å². The second-order valence-electron chi connectivity index (χ2n) is 4.64. The number of nitroso groups, excluding NO2 is 1. The zero-order chi connectivity index (χ0) is 13.2. The summed E-state index contributed by atoms with van der Waals surface area (Å²) in [6.45, 7) is 1.80. The van der Waals surface area contributed by atoms with Gasteiger partial charge in [0, 0.05) is 5.18 Å². The van der Waals surface area contributed by atoms with E-state index < -0.39 is 23.4 Å². The van der Waals surface area contributed by atoms with Crippen molar-refractivity contribution in [1.82, 2.24) is 0 Å². The molecule has 5 heteroatoms. The Morgan fingerprint density at radius 2 is 1.89 bits per heavy atom. The molecule has 1 atom stereocenters. The number of benzene rings is 1. The first-order valence-electron chi connectivity index (χ1n) is 5.71. The van der Waals surface area contributed by atoms with Crippen LogP contribution in [0, 0.1) is 4.91 Å². The number of nitrogens with zero attached hydrogens (tertiary/aromatic N) is 1. The van der Waals surface area contributed by atoms with Crippen molar-refractivity contribution in [2.24, 2.45) is 5.18 Å². The molecule has 0 saturated heterocycles. The Morgan fingerprint density at radius 1 is 1.28 bits per heavy atom. The minimum atomic E-state index is -1.25. The van der Waals surface area contributed by atoms with Crippen molar-refractivity contribution in [1.29, 1.82) is 0 Å². The lowest BCUT2D eigenvalue weighted by molar-refractivity contribution is -0.154. The van der Waals surface area contributed by atoms with Crippen molar-refractivity contribution in [2.75, 3.05) is 0 Å². The number of amides is 1. The number of carbonyl (C=O) groups excluding carboxylic acids is 2. The summed E-state index contributed by atoms with van der Waals surface area (Å²) in [7, 11) is 0. The number of carbonyl (C=O) groups is 2. The maximum atomic E-state index is 12.0. The van der Waals surface area contributed by atoms with Gasteiger partial charge in [0.1, 0.15) is 5.60 Å². The van der Waals surface area contributed by atoms with Gasteiger partial charge in [-0.25, -0.2) is 0 Å². The van der Waals surface area contributed by atoms with Gasteiger partial charge in [-0.1, -0.05) is 30.3 Å². The van der Waals surface area contributed by atoms with Crippen molar-refractivity contribution in [3.05, 3.63) is 40.8 Å². The van der Waals surface area contributed by atoms with Gasteiger partial charge in [-0.05, 0) is 25.3 Å². The summed E-state index contributed by atoms with van der Waals surface area (Å²) < 4.78 is 5.23. The molecule has 1 aliphatic rings. The van der Waals surface area contributed by atoms with Crippen LogP contribution in [0.4, 0.5) is 0 Å². The number of hydrogen-bond acceptors (Lipinski definition) is 4. The number of rotatable bonds is 4. The van der Waals surface area contributed by atoms with E-state index in [0.29, 0.717) is 5.56 Å². The summed E-state index contributed by atoms with van der Waals surface area (Å²) >= 11 is 0. The lowest BCUT2D eigenvalue weighted by Crippen LogP contribution is -2.26. The molecule has 1 unspecified atom stereocenters. The molecule has 1 aliphatic carbocycles. The highest BCUT2D eigenvalue weighted by Gasteiger charge is 2.44. The number of ether oxygens (including phenoxy) is 1. The summed E-state index contributed by atoms with van der Waals surface area (Å²) in [6.07, 6.45) is 1.56. The fourth-order valence-electron chi connectivity index (χ4n) is 1.66. The van der Waals surface area contributed by atoms with Crippen LogP contribution in [-0.4, -0.2) is 17.5 Å². The lowest BCUT2D eigenvalue weighted by atomic mass is 9.98. The quantitative estimate of drug-likeness (QED) is 0.464. The maximum Gasteiger partial charge on any atom is 0.323 e. The minimum Gasteiger partial charge on any atom is -0.459 e.